The van der Waals surface area contributed by atoms with E-state index >= 15 is 0 Å². The summed E-state index contributed by atoms with van der Waals surface area (Å²) >= 11 is 0. The molecule has 0 spiro atoms. The van der Waals surface area contributed by atoms with Gasteiger partial charge in [-0.15, -0.1) is 0 Å². The summed E-state index contributed by atoms with van der Waals surface area (Å²) in [7, 11) is -5.43. The van der Waals surface area contributed by atoms with Crippen molar-refractivity contribution in [3.05, 3.63) is 0 Å². The topological polar surface area (TPSA) is 46.7 Å². The second-order valence-corrected chi connectivity index (χ2v) is 3.75. The van der Waals surface area contributed by atoms with Crippen molar-refractivity contribution in [1.29, 1.82) is 0 Å². The Morgan fingerprint density at radius 1 is 1.08 bits per heavy atom. The quantitative estimate of drug-likeness (QED) is 0.501. The Bertz CT molecular complexity index is 330. The lowest BCUT2D eigenvalue weighted by atomic mass is 10.3. The number of halogens is 6. The van der Waals surface area contributed by atoms with Gasteiger partial charge >= 0.3 is 27.4 Å². The number of alkyl halides is 6. The molecule has 0 aliphatic carbocycles. The molecular formula is C3F6O3S. The highest BCUT2D eigenvalue weighted by Gasteiger charge is 2.89. The Morgan fingerprint density at radius 2 is 1.38 bits per heavy atom. The highest BCUT2D eigenvalue weighted by atomic mass is 32.2. The van der Waals surface area contributed by atoms with Crippen molar-refractivity contribution in [3.63, 3.8) is 0 Å². The molecule has 1 heterocycles. The van der Waals surface area contributed by atoms with Crippen molar-refractivity contribution < 1.29 is 38.9 Å². The van der Waals surface area contributed by atoms with Gasteiger partial charge in [-0.05, 0) is 0 Å². The Hall–Kier alpha value is -0.510. The van der Waals surface area contributed by atoms with E-state index in [0.717, 1.165) is 0 Å². The number of hydrogen-bond acceptors (Lipinski definition) is 3. The van der Waals surface area contributed by atoms with Gasteiger partial charge in [0.25, 0.3) is 0 Å². The molecule has 1 fully saturated rings. The zero-order valence-electron chi connectivity index (χ0n) is 5.40. The van der Waals surface area contributed by atoms with Gasteiger partial charge in [-0.2, -0.15) is 34.8 Å². The Labute approximate surface area is 67.4 Å². The first-order valence-electron chi connectivity index (χ1n) is 2.54. The predicted octanol–water partition coefficient (Wildman–Crippen LogP) is 1.17. The first-order valence-corrected chi connectivity index (χ1v) is 3.95. The average Bonchev–Trinajstić information content (AvgIpc) is 2.31. The minimum Gasteiger partial charge on any atom is -0.203 e. The molecule has 13 heavy (non-hydrogen) atoms. The van der Waals surface area contributed by atoms with Crippen molar-refractivity contribution in [3.8, 4) is 0 Å². The van der Waals surface area contributed by atoms with Crippen molar-refractivity contribution in [1.82, 2.24) is 0 Å². The van der Waals surface area contributed by atoms with Crippen LogP contribution in [0.1, 0.15) is 0 Å². The van der Waals surface area contributed by atoms with Crippen LogP contribution in [0.2, 0.25) is 0 Å². The maximum absolute atomic E-state index is 12.3. The molecule has 0 N–H and O–H groups in total. The maximum atomic E-state index is 12.3. The van der Waals surface area contributed by atoms with E-state index in [1.165, 1.54) is 0 Å². The Kier molecular flexibility index (Phi) is 1.71. The number of hydrogen-bond donors (Lipinski definition) is 0. The minimum absolute atomic E-state index is 2.72. The van der Waals surface area contributed by atoms with Crippen LogP contribution in [0.25, 0.3) is 0 Å². The molecule has 1 aliphatic rings. The lowest BCUT2D eigenvalue weighted by Gasteiger charge is -2.17. The van der Waals surface area contributed by atoms with Gasteiger partial charge in [0.15, 0.2) is 0 Å². The molecule has 1 aliphatic heterocycles. The van der Waals surface area contributed by atoms with E-state index in [9.17, 15) is 34.8 Å². The van der Waals surface area contributed by atoms with Gasteiger partial charge in [0.1, 0.15) is 0 Å². The molecule has 1 rings (SSSR count). The summed E-state index contributed by atoms with van der Waals surface area (Å²) in [4.78, 5) is 0. The molecule has 1 unspecified atom stereocenters. The zero-order chi connectivity index (χ0) is 10.7. The molecule has 0 aromatic rings. The van der Waals surface area contributed by atoms with Crippen LogP contribution in [0.3, 0.4) is 0 Å². The van der Waals surface area contributed by atoms with Crippen LogP contribution in [0.4, 0.5) is 26.3 Å². The fourth-order valence-corrected chi connectivity index (χ4v) is 1.45. The van der Waals surface area contributed by atoms with E-state index in [-0.39, 0.29) is 0 Å². The molecule has 0 saturated carbocycles. The third-order valence-corrected chi connectivity index (χ3v) is 2.52. The molecule has 0 aromatic carbocycles. The van der Waals surface area contributed by atoms with Crippen LogP contribution in [0.5, 0.6) is 0 Å². The van der Waals surface area contributed by atoms with E-state index in [2.05, 4.69) is 4.18 Å². The molecular weight excluding hydrogens is 230 g/mol. The molecule has 1 saturated heterocycles. The third kappa shape index (κ3) is 1.11. The van der Waals surface area contributed by atoms with E-state index in [1.54, 1.807) is 0 Å². The van der Waals surface area contributed by atoms with E-state index < -0.39 is 27.4 Å². The SMILES string of the molecule is O=S1(=O)OC1(F)C(F)(F)C(F)(F)F. The standard InChI is InChI=1S/C3F6O3S/c4-1(5,2(6,7)8)3(9)12-13(3,10)11. The van der Waals surface area contributed by atoms with Gasteiger partial charge in [-0.1, -0.05) is 0 Å². The van der Waals surface area contributed by atoms with Crippen LogP contribution in [0.15, 0.2) is 0 Å². The van der Waals surface area contributed by atoms with Crippen LogP contribution in [-0.2, 0) is 14.3 Å². The maximum Gasteiger partial charge on any atom is 0.460 e. The molecule has 0 amide bonds. The fourth-order valence-electron chi connectivity index (χ4n) is 0.503. The second kappa shape index (κ2) is 2.11. The number of rotatable bonds is 1. The Balaban J connectivity index is 3.12. The van der Waals surface area contributed by atoms with E-state index in [0.29, 0.717) is 0 Å². The fraction of sp³-hybridized carbons (Fsp3) is 1.00. The van der Waals surface area contributed by atoms with Gasteiger partial charge in [0.05, 0.1) is 0 Å². The van der Waals surface area contributed by atoms with Gasteiger partial charge in [0.2, 0.25) is 0 Å². The molecule has 3 nitrogen and oxygen atoms in total. The highest BCUT2D eigenvalue weighted by Crippen LogP contribution is 2.57. The van der Waals surface area contributed by atoms with Crippen molar-refractivity contribution in [2.24, 2.45) is 0 Å². The highest BCUT2D eigenvalue weighted by molar-refractivity contribution is 7.93. The monoisotopic (exact) mass is 230 g/mol. The first kappa shape index (κ1) is 10.6. The van der Waals surface area contributed by atoms with Crippen LogP contribution >= 0.6 is 0 Å². The molecule has 10 heteroatoms. The molecule has 1 atom stereocenters. The van der Waals surface area contributed by atoms with Crippen LogP contribution < -0.4 is 0 Å². The third-order valence-electron chi connectivity index (χ3n) is 1.24. The zero-order valence-corrected chi connectivity index (χ0v) is 6.22. The van der Waals surface area contributed by atoms with Gasteiger partial charge in [-0.3, -0.25) is 0 Å². The smallest absolute Gasteiger partial charge is 0.203 e. The molecule has 0 radical (unpaired) electrons. The summed E-state index contributed by atoms with van der Waals surface area (Å²) in [6.07, 6.45) is -6.31. The summed E-state index contributed by atoms with van der Waals surface area (Å²) in [6, 6.07) is 0. The van der Waals surface area contributed by atoms with Crippen molar-refractivity contribution in [2.75, 3.05) is 0 Å². The van der Waals surface area contributed by atoms with Gasteiger partial charge < -0.3 is 0 Å². The molecule has 0 bridgehead atoms. The van der Waals surface area contributed by atoms with E-state index in [4.69, 9.17) is 0 Å². The largest absolute Gasteiger partial charge is 0.460 e. The molecule has 0 aromatic heterocycles. The van der Waals surface area contributed by atoms with Gasteiger partial charge in [0, 0.05) is 0 Å². The average molecular weight is 230 g/mol. The van der Waals surface area contributed by atoms with Crippen molar-refractivity contribution in [2.45, 2.75) is 17.3 Å². The van der Waals surface area contributed by atoms with Crippen LogP contribution in [-0.4, -0.2) is 25.7 Å². The summed E-state index contributed by atoms with van der Waals surface area (Å²) in [6.45, 7) is 0. The summed E-state index contributed by atoms with van der Waals surface area (Å²) in [5.41, 5.74) is 0. The van der Waals surface area contributed by atoms with Gasteiger partial charge in [-0.25, -0.2) is 4.18 Å². The summed E-state index contributed by atoms with van der Waals surface area (Å²) in [5, 5.41) is -4.96. The Morgan fingerprint density at radius 3 is 1.46 bits per heavy atom. The van der Waals surface area contributed by atoms with E-state index in [1.807, 2.05) is 0 Å². The normalized spacial score (nSPS) is 33.1. The minimum atomic E-state index is -6.31. The first-order chi connectivity index (χ1) is 5.46. The predicted molar refractivity (Wildman–Crippen MR) is 24.8 cm³/mol. The lowest BCUT2D eigenvalue weighted by molar-refractivity contribution is -0.322. The summed E-state index contributed by atoms with van der Waals surface area (Å²) in [5.74, 6) is -6.06. The second-order valence-electron chi connectivity index (χ2n) is 2.15. The van der Waals surface area contributed by atoms with Crippen LogP contribution in [0, 0.1) is 0 Å². The van der Waals surface area contributed by atoms with Crippen molar-refractivity contribution >= 4 is 10.1 Å². The lowest BCUT2D eigenvalue weighted by Crippen LogP contribution is -2.48. The summed E-state index contributed by atoms with van der Waals surface area (Å²) < 4.78 is 92.9. The molecule has 78 valence electrons.